The Kier molecular flexibility index (Phi) is 4.64. The van der Waals surface area contributed by atoms with E-state index in [2.05, 4.69) is 30.4 Å². The molecule has 0 spiro atoms. The lowest BCUT2D eigenvalue weighted by Crippen LogP contribution is -2.33. The highest BCUT2D eigenvalue weighted by Crippen LogP contribution is 2.10. The Balaban J connectivity index is 1.80. The van der Waals surface area contributed by atoms with E-state index in [1.807, 2.05) is 6.92 Å². The third kappa shape index (κ3) is 3.44. The van der Waals surface area contributed by atoms with Gasteiger partial charge in [0.2, 0.25) is 0 Å². The fourth-order valence-corrected chi connectivity index (χ4v) is 2.38. The second-order valence-corrected chi connectivity index (χ2v) is 5.32. The van der Waals surface area contributed by atoms with Gasteiger partial charge in [-0.05, 0) is 26.0 Å². The van der Waals surface area contributed by atoms with Gasteiger partial charge >= 0.3 is 0 Å². The first-order valence-electron chi connectivity index (χ1n) is 7.79. The van der Waals surface area contributed by atoms with Crippen molar-refractivity contribution in [1.29, 1.82) is 0 Å². The summed E-state index contributed by atoms with van der Waals surface area (Å²) in [5.41, 5.74) is -0.0811. The molecule has 25 heavy (non-hydrogen) atoms. The second-order valence-electron chi connectivity index (χ2n) is 5.32. The molecule has 128 valence electrons. The molecule has 2 N–H and O–H groups in total. The smallest absolute Gasteiger partial charge is 0.264 e. The van der Waals surface area contributed by atoms with Crippen LogP contribution in [0.5, 0.6) is 0 Å². The summed E-state index contributed by atoms with van der Waals surface area (Å²) in [5.74, 6) is 0.394. The number of nitrogens with one attached hydrogen (secondary N) is 2. The van der Waals surface area contributed by atoms with E-state index >= 15 is 0 Å². The van der Waals surface area contributed by atoms with Crippen molar-refractivity contribution in [2.45, 2.75) is 26.4 Å². The van der Waals surface area contributed by atoms with Gasteiger partial charge in [-0.2, -0.15) is 5.10 Å². The van der Waals surface area contributed by atoms with Crippen molar-refractivity contribution >= 4 is 5.91 Å². The molecule has 0 bridgehead atoms. The molecule has 0 aliphatic heterocycles. The Morgan fingerprint density at radius 2 is 2.16 bits per heavy atom. The lowest BCUT2D eigenvalue weighted by Gasteiger charge is -2.13. The quantitative estimate of drug-likeness (QED) is 0.714. The van der Waals surface area contributed by atoms with E-state index in [9.17, 15) is 9.59 Å². The number of rotatable bonds is 5. The van der Waals surface area contributed by atoms with Crippen LogP contribution in [-0.4, -0.2) is 35.6 Å². The number of nitrogens with zero attached hydrogens (tertiary/aromatic N) is 5. The molecule has 0 saturated heterocycles. The number of H-pyrrole nitrogens is 1. The van der Waals surface area contributed by atoms with Gasteiger partial charge in [-0.15, -0.1) is 0 Å². The van der Waals surface area contributed by atoms with Gasteiger partial charge in [0.05, 0.1) is 6.04 Å². The van der Waals surface area contributed by atoms with Crippen LogP contribution in [0.15, 0.2) is 41.7 Å². The zero-order valence-corrected chi connectivity index (χ0v) is 13.8. The predicted octanol–water partition coefficient (Wildman–Crippen LogP) is 0.934. The maximum atomic E-state index is 12.4. The minimum absolute atomic E-state index is 0.0749. The molecule has 0 saturated carbocycles. The fourth-order valence-electron chi connectivity index (χ4n) is 2.38. The zero-order valence-electron chi connectivity index (χ0n) is 13.8. The largest absolute Gasteiger partial charge is 0.342 e. The van der Waals surface area contributed by atoms with Crippen LogP contribution in [-0.2, 0) is 6.54 Å². The van der Waals surface area contributed by atoms with Gasteiger partial charge in [0.15, 0.2) is 5.82 Å². The third-order valence-electron chi connectivity index (χ3n) is 3.63. The average molecular weight is 339 g/mol. The van der Waals surface area contributed by atoms with Gasteiger partial charge in [-0.3, -0.25) is 14.6 Å². The summed E-state index contributed by atoms with van der Waals surface area (Å²) < 4.78 is 1.68. The Morgan fingerprint density at radius 1 is 1.32 bits per heavy atom. The average Bonchev–Trinajstić information content (AvgIpc) is 3.11. The lowest BCUT2D eigenvalue weighted by molar-refractivity contribution is 0.0935. The monoisotopic (exact) mass is 339 g/mol. The lowest BCUT2D eigenvalue weighted by atomic mass is 10.2. The van der Waals surface area contributed by atoms with Gasteiger partial charge in [-0.25, -0.2) is 14.6 Å². The van der Waals surface area contributed by atoms with E-state index in [0.717, 1.165) is 0 Å². The van der Waals surface area contributed by atoms with Gasteiger partial charge in [0, 0.05) is 18.9 Å². The molecule has 0 fully saturated rings. The number of hydrogen-bond acceptors (Lipinski definition) is 6. The third-order valence-corrected chi connectivity index (χ3v) is 3.63. The van der Waals surface area contributed by atoms with Gasteiger partial charge in [-0.1, -0.05) is 6.07 Å². The number of amides is 1. The first-order chi connectivity index (χ1) is 12.1. The Hall–Kier alpha value is -3.36. The maximum absolute atomic E-state index is 12.4. The highest BCUT2D eigenvalue weighted by Gasteiger charge is 2.19. The second kappa shape index (κ2) is 7.04. The van der Waals surface area contributed by atoms with E-state index in [4.69, 9.17) is 0 Å². The molecular weight excluding hydrogens is 322 g/mol. The van der Waals surface area contributed by atoms with Crippen molar-refractivity contribution in [3.63, 3.8) is 0 Å². The van der Waals surface area contributed by atoms with Crippen LogP contribution in [0.3, 0.4) is 0 Å². The Bertz CT molecular complexity index is 933. The van der Waals surface area contributed by atoms with Gasteiger partial charge < -0.3 is 10.3 Å². The van der Waals surface area contributed by atoms with Crippen molar-refractivity contribution in [2.75, 3.05) is 0 Å². The van der Waals surface area contributed by atoms with Crippen molar-refractivity contribution in [3.8, 4) is 11.5 Å². The number of hydrogen-bond donors (Lipinski definition) is 2. The summed E-state index contributed by atoms with van der Waals surface area (Å²) >= 11 is 0. The number of pyridine rings is 1. The number of aromatic amines is 1. The number of carbonyl (C=O) groups is 1. The van der Waals surface area contributed by atoms with Crippen LogP contribution in [0, 0.1) is 0 Å². The molecule has 1 amide bonds. The predicted molar refractivity (Wildman–Crippen MR) is 89.7 cm³/mol. The van der Waals surface area contributed by atoms with E-state index in [1.165, 1.54) is 12.5 Å². The molecule has 3 rings (SSSR count). The first-order valence-corrected chi connectivity index (χ1v) is 7.79. The fraction of sp³-hybridized carbons (Fsp3) is 0.250. The van der Waals surface area contributed by atoms with Crippen molar-refractivity contribution in [1.82, 2.24) is 35.0 Å². The maximum Gasteiger partial charge on any atom is 0.264 e. The topological polar surface area (TPSA) is 118 Å². The molecule has 9 nitrogen and oxygen atoms in total. The number of aromatic nitrogens is 6. The molecule has 1 atom stereocenters. The van der Waals surface area contributed by atoms with Gasteiger partial charge in [0.25, 0.3) is 11.5 Å². The molecule has 3 aromatic heterocycles. The summed E-state index contributed by atoms with van der Waals surface area (Å²) in [7, 11) is 0. The summed E-state index contributed by atoms with van der Waals surface area (Å²) in [5, 5.41) is 6.80. The molecule has 1 unspecified atom stereocenters. The first kappa shape index (κ1) is 16.5. The molecule has 0 aliphatic rings. The van der Waals surface area contributed by atoms with E-state index in [1.54, 1.807) is 36.0 Å². The molecule has 0 aliphatic carbocycles. The highest BCUT2D eigenvalue weighted by atomic mass is 16.2. The zero-order chi connectivity index (χ0) is 17.8. The molecule has 9 heteroatoms. The van der Waals surface area contributed by atoms with Crippen molar-refractivity contribution in [2.24, 2.45) is 0 Å². The molecule has 3 heterocycles. The van der Waals surface area contributed by atoms with Crippen LogP contribution in [0.4, 0.5) is 0 Å². The minimum atomic E-state index is -0.530. The minimum Gasteiger partial charge on any atom is -0.342 e. The van der Waals surface area contributed by atoms with Crippen molar-refractivity contribution in [3.05, 3.63) is 58.7 Å². The van der Waals surface area contributed by atoms with Crippen LogP contribution < -0.4 is 10.9 Å². The van der Waals surface area contributed by atoms with Crippen molar-refractivity contribution < 1.29 is 4.79 Å². The molecule has 3 aromatic rings. The molecule has 0 aromatic carbocycles. The van der Waals surface area contributed by atoms with Crippen LogP contribution in [0.25, 0.3) is 11.5 Å². The van der Waals surface area contributed by atoms with E-state index < -0.39 is 17.5 Å². The molecular formula is C16H17N7O2. The molecule has 0 radical (unpaired) electrons. The summed E-state index contributed by atoms with van der Waals surface area (Å²) in [4.78, 5) is 39.6. The van der Waals surface area contributed by atoms with Crippen LogP contribution in [0.1, 0.15) is 36.1 Å². The summed E-state index contributed by atoms with van der Waals surface area (Å²) in [6, 6.07) is 4.87. The summed E-state index contributed by atoms with van der Waals surface area (Å²) in [6.45, 7) is 4.34. The SMILES string of the molecule is CCn1ncnc1C(C)NC(=O)c1cnc(-c2ccccn2)[nH]c1=O. The van der Waals surface area contributed by atoms with Crippen LogP contribution in [0.2, 0.25) is 0 Å². The standard InChI is InChI=1S/C16H17N7O2/c1-3-23-14(19-9-20-23)10(2)21-15(24)11-8-18-13(22-16(11)25)12-6-4-5-7-17-12/h4-10H,3H2,1-2H3,(H,21,24)(H,18,22,25). The Morgan fingerprint density at radius 3 is 2.84 bits per heavy atom. The number of aryl methyl sites for hydroxylation is 1. The van der Waals surface area contributed by atoms with E-state index in [-0.39, 0.29) is 5.56 Å². The van der Waals surface area contributed by atoms with Crippen LogP contribution >= 0.6 is 0 Å². The van der Waals surface area contributed by atoms with Gasteiger partial charge in [0.1, 0.15) is 23.4 Å². The normalized spacial score (nSPS) is 11.9. The Labute approximate surface area is 143 Å². The summed E-state index contributed by atoms with van der Waals surface area (Å²) in [6.07, 6.45) is 4.27. The van der Waals surface area contributed by atoms with E-state index in [0.29, 0.717) is 23.9 Å². The number of carbonyl (C=O) groups excluding carboxylic acids is 1. The highest BCUT2D eigenvalue weighted by molar-refractivity contribution is 5.93.